The van der Waals surface area contributed by atoms with E-state index in [1.54, 1.807) is 19.4 Å². The van der Waals surface area contributed by atoms with Gasteiger partial charge >= 0.3 is 6.03 Å². The number of nitrogens with one attached hydrogen (secondary N) is 2. The molecule has 1 heterocycles. The van der Waals surface area contributed by atoms with Crippen molar-refractivity contribution in [3.05, 3.63) is 64.7 Å². The summed E-state index contributed by atoms with van der Waals surface area (Å²) < 4.78 is 24.9. The van der Waals surface area contributed by atoms with Gasteiger partial charge in [0.1, 0.15) is 17.8 Å². The second-order valence-electron chi connectivity index (χ2n) is 5.63. The van der Waals surface area contributed by atoms with E-state index in [0.717, 1.165) is 11.3 Å². The van der Waals surface area contributed by atoms with Gasteiger partial charge in [-0.05, 0) is 42.5 Å². The second kappa shape index (κ2) is 8.68. The first-order chi connectivity index (χ1) is 13.0. The van der Waals surface area contributed by atoms with E-state index < -0.39 is 11.8 Å². The van der Waals surface area contributed by atoms with Crippen LogP contribution in [-0.4, -0.2) is 24.7 Å². The van der Waals surface area contributed by atoms with Crippen LogP contribution in [-0.2, 0) is 6.42 Å². The van der Waals surface area contributed by atoms with E-state index in [4.69, 9.17) is 9.15 Å². The summed E-state index contributed by atoms with van der Waals surface area (Å²) in [6, 6.07) is 11.3. The van der Waals surface area contributed by atoms with Crippen LogP contribution in [0.1, 0.15) is 5.69 Å². The van der Waals surface area contributed by atoms with Crippen LogP contribution in [0.5, 0.6) is 5.75 Å². The van der Waals surface area contributed by atoms with Crippen LogP contribution < -0.4 is 15.4 Å². The molecule has 6 nitrogen and oxygen atoms in total. The van der Waals surface area contributed by atoms with E-state index in [0.29, 0.717) is 29.0 Å². The van der Waals surface area contributed by atoms with Gasteiger partial charge in [-0.1, -0.05) is 15.9 Å². The summed E-state index contributed by atoms with van der Waals surface area (Å²) in [5, 5.41) is 5.12. The highest BCUT2D eigenvalue weighted by molar-refractivity contribution is 9.10. The zero-order valence-corrected chi connectivity index (χ0v) is 16.0. The Morgan fingerprint density at radius 2 is 2.04 bits per heavy atom. The summed E-state index contributed by atoms with van der Waals surface area (Å²) in [5.41, 5.74) is 1.65. The minimum atomic E-state index is -0.514. The lowest BCUT2D eigenvalue weighted by Gasteiger charge is -2.08. The number of aromatic nitrogens is 1. The molecule has 0 bridgehead atoms. The third-order valence-corrected chi connectivity index (χ3v) is 4.23. The van der Waals surface area contributed by atoms with Crippen molar-refractivity contribution in [3.63, 3.8) is 0 Å². The number of methoxy groups -OCH3 is 1. The first kappa shape index (κ1) is 18.9. The number of hydrogen-bond acceptors (Lipinski definition) is 4. The fourth-order valence-corrected chi connectivity index (χ4v) is 2.68. The number of halogens is 2. The van der Waals surface area contributed by atoms with Gasteiger partial charge in [0.25, 0.3) is 0 Å². The first-order valence-corrected chi connectivity index (χ1v) is 8.93. The van der Waals surface area contributed by atoms with Gasteiger partial charge in [-0.3, -0.25) is 0 Å². The van der Waals surface area contributed by atoms with Crippen LogP contribution >= 0.6 is 15.9 Å². The van der Waals surface area contributed by atoms with E-state index in [-0.39, 0.29) is 5.69 Å². The van der Waals surface area contributed by atoms with Crippen LogP contribution in [0.2, 0.25) is 0 Å². The Bertz CT molecular complexity index is 928. The molecule has 0 fully saturated rings. The molecular formula is C19H17BrFN3O3. The van der Waals surface area contributed by atoms with Gasteiger partial charge in [0.05, 0.1) is 18.5 Å². The van der Waals surface area contributed by atoms with Crippen LogP contribution in [0.3, 0.4) is 0 Å². The van der Waals surface area contributed by atoms with Crippen LogP contribution in [0.25, 0.3) is 11.5 Å². The zero-order valence-electron chi connectivity index (χ0n) is 14.5. The molecular weight excluding hydrogens is 417 g/mol. The molecule has 140 valence electrons. The Balaban J connectivity index is 1.50. The number of anilines is 1. The number of ether oxygens (including phenoxy) is 1. The third-order valence-electron chi connectivity index (χ3n) is 3.73. The Morgan fingerprint density at radius 3 is 2.74 bits per heavy atom. The molecule has 0 saturated carbocycles. The van der Waals surface area contributed by atoms with Crippen molar-refractivity contribution in [2.45, 2.75) is 6.42 Å². The normalized spacial score (nSPS) is 10.5. The zero-order chi connectivity index (χ0) is 19.2. The summed E-state index contributed by atoms with van der Waals surface area (Å²) in [7, 11) is 1.60. The van der Waals surface area contributed by atoms with E-state index in [1.165, 1.54) is 12.1 Å². The predicted molar refractivity (Wildman–Crippen MR) is 103 cm³/mol. The van der Waals surface area contributed by atoms with Gasteiger partial charge in [0, 0.05) is 23.0 Å². The number of amides is 2. The Kier molecular flexibility index (Phi) is 6.08. The standard InChI is InChI=1S/C19H17BrFN3O3/c1-26-15-5-2-12(3-6-15)18-23-14(11-27-18)8-9-22-19(25)24-17-7-4-13(20)10-16(17)21/h2-7,10-11H,8-9H2,1H3,(H2,22,24,25). The molecule has 3 rings (SSSR count). The number of oxazole rings is 1. The van der Waals surface area contributed by atoms with Crippen molar-refractivity contribution in [3.8, 4) is 17.2 Å². The molecule has 1 aromatic heterocycles. The highest BCUT2D eigenvalue weighted by atomic mass is 79.9. The molecule has 0 radical (unpaired) electrons. The minimum absolute atomic E-state index is 0.110. The number of carbonyl (C=O) groups is 1. The highest BCUT2D eigenvalue weighted by Crippen LogP contribution is 2.22. The van der Waals surface area contributed by atoms with E-state index in [2.05, 4.69) is 31.5 Å². The first-order valence-electron chi connectivity index (χ1n) is 8.14. The average Bonchev–Trinajstić information content (AvgIpc) is 3.13. The molecule has 0 saturated heterocycles. The van der Waals surface area contributed by atoms with Gasteiger partial charge in [0.15, 0.2) is 0 Å². The molecule has 0 aliphatic carbocycles. The lowest BCUT2D eigenvalue weighted by Crippen LogP contribution is -2.30. The Hall–Kier alpha value is -2.87. The fraction of sp³-hybridized carbons (Fsp3) is 0.158. The van der Waals surface area contributed by atoms with Crippen molar-refractivity contribution >= 4 is 27.6 Å². The molecule has 0 atom stereocenters. The van der Waals surface area contributed by atoms with Crippen LogP contribution in [0, 0.1) is 5.82 Å². The van der Waals surface area contributed by atoms with Gasteiger partial charge in [-0.15, -0.1) is 0 Å². The maximum absolute atomic E-state index is 13.7. The van der Waals surface area contributed by atoms with Crippen molar-refractivity contribution in [2.24, 2.45) is 0 Å². The largest absolute Gasteiger partial charge is 0.497 e. The Morgan fingerprint density at radius 1 is 1.26 bits per heavy atom. The molecule has 2 N–H and O–H groups in total. The average molecular weight is 434 g/mol. The number of carbonyl (C=O) groups excluding carboxylic acids is 1. The lowest BCUT2D eigenvalue weighted by molar-refractivity contribution is 0.252. The maximum Gasteiger partial charge on any atom is 0.319 e. The summed E-state index contributed by atoms with van der Waals surface area (Å²) in [6.07, 6.45) is 2.03. The number of nitrogens with zero attached hydrogens (tertiary/aromatic N) is 1. The number of hydrogen-bond donors (Lipinski definition) is 2. The number of urea groups is 1. The Labute approximate surface area is 163 Å². The van der Waals surface area contributed by atoms with Crippen molar-refractivity contribution in [1.82, 2.24) is 10.3 Å². The second-order valence-corrected chi connectivity index (χ2v) is 6.54. The molecule has 3 aromatic rings. The van der Waals surface area contributed by atoms with Crippen molar-refractivity contribution in [1.29, 1.82) is 0 Å². The fourth-order valence-electron chi connectivity index (χ4n) is 2.35. The van der Waals surface area contributed by atoms with Crippen LogP contribution in [0.15, 0.2) is 57.6 Å². The molecule has 2 amide bonds. The summed E-state index contributed by atoms with van der Waals surface area (Å²) in [5.74, 6) is 0.733. The minimum Gasteiger partial charge on any atom is -0.497 e. The lowest BCUT2D eigenvalue weighted by atomic mass is 10.2. The third kappa shape index (κ3) is 5.07. The highest BCUT2D eigenvalue weighted by Gasteiger charge is 2.09. The van der Waals surface area contributed by atoms with Crippen LogP contribution in [0.4, 0.5) is 14.9 Å². The number of benzene rings is 2. The van der Waals surface area contributed by atoms with Crippen molar-refractivity contribution < 1.29 is 18.3 Å². The van der Waals surface area contributed by atoms with Gasteiger partial charge in [0.2, 0.25) is 5.89 Å². The van der Waals surface area contributed by atoms with E-state index in [1.807, 2.05) is 24.3 Å². The smallest absolute Gasteiger partial charge is 0.319 e. The van der Waals surface area contributed by atoms with E-state index >= 15 is 0 Å². The van der Waals surface area contributed by atoms with Gasteiger partial charge in [-0.25, -0.2) is 14.2 Å². The molecule has 0 aliphatic heterocycles. The monoisotopic (exact) mass is 433 g/mol. The quantitative estimate of drug-likeness (QED) is 0.594. The molecule has 2 aromatic carbocycles. The summed E-state index contributed by atoms with van der Waals surface area (Å²) in [4.78, 5) is 16.3. The topological polar surface area (TPSA) is 76.4 Å². The van der Waals surface area contributed by atoms with Gasteiger partial charge in [-0.2, -0.15) is 0 Å². The molecule has 0 aliphatic rings. The van der Waals surface area contributed by atoms with Gasteiger partial charge < -0.3 is 19.8 Å². The molecule has 8 heteroatoms. The summed E-state index contributed by atoms with van der Waals surface area (Å²) >= 11 is 3.17. The molecule has 0 spiro atoms. The number of rotatable bonds is 6. The van der Waals surface area contributed by atoms with E-state index in [9.17, 15) is 9.18 Å². The maximum atomic E-state index is 13.7. The summed E-state index contributed by atoms with van der Waals surface area (Å²) in [6.45, 7) is 0.332. The van der Waals surface area contributed by atoms with Crippen molar-refractivity contribution in [2.75, 3.05) is 19.0 Å². The SMILES string of the molecule is COc1ccc(-c2nc(CCNC(=O)Nc3ccc(Br)cc3F)co2)cc1. The molecule has 0 unspecified atom stereocenters. The predicted octanol–water partition coefficient (Wildman–Crippen LogP) is 4.62. The molecule has 27 heavy (non-hydrogen) atoms.